The van der Waals surface area contributed by atoms with Gasteiger partial charge in [0.15, 0.2) is 5.78 Å². The van der Waals surface area contributed by atoms with Crippen LogP contribution < -0.4 is 4.90 Å². The molecular weight excluding hydrogens is 186 g/mol. The predicted molar refractivity (Wildman–Crippen MR) is 62.6 cm³/mol. The molecule has 1 aliphatic heterocycles. The molecule has 0 bridgehead atoms. The fourth-order valence-electron chi connectivity index (χ4n) is 2.51. The Morgan fingerprint density at radius 3 is 2.87 bits per heavy atom. The van der Waals surface area contributed by atoms with Crippen molar-refractivity contribution in [2.24, 2.45) is 0 Å². The molecule has 0 radical (unpaired) electrons. The third kappa shape index (κ3) is 1.54. The van der Waals surface area contributed by atoms with Gasteiger partial charge in [0, 0.05) is 23.8 Å². The Bertz CT molecular complexity index is 398. The summed E-state index contributed by atoms with van der Waals surface area (Å²) in [5.41, 5.74) is 3.38. The molecule has 2 heteroatoms. The zero-order valence-electron chi connectivity index (χ0n) is 9.58. The van der Waals surface area contributed by atoms with Crippen molar-refractivity contribution in [2.45, 2.75) is 33.2 Å². The topological polar surface area (TPSA) is 20.3 Å². The van der Waals surface area contributed by atoms with E-state index in [1.165, 1.54) is 11.3 Å². The quantitative estimate of drug-likeness (QED) is 0.689. The molecule has 0 N–H and O–H groups in total. The Kier molecular flexibility index (Phi) is 2.51. The lowest BCUT2D eigenvalue weighted by Crippen LogP contribution is -2.28. The number of fused-ring (bicyclic) bond motifs is 1. The minimum Gasteiger partial charge on any atom is -0.369 e. The Hall–Kier alpha value is -1.31. The maximum absolute atomic E-state index is 11.5. The van der Waals surface area contributed by atoms with E-state index in [0.717, 1.165) is 18.5 Å². The zero-order chi connectivity index (χ0) is 11.0. The largest absolute Gasteiger partial charge is 0.369 e. The number of nitrogens with zero attached hydrogens (tertiary/aromatic N) is 1. The highest BCUT2D eigenvalue weighted by Gasteiger charge is 2.27. The molecule has 15 heavy (non-hydrogen) atoms. The van der Waals surface area contributed by atoms with Crippen LogP contribution >= 0.6 is 0 Å². The third-order valence-corrected chi connectivity index (χ3v) is 3.21. The van der Waals surface area contributed by atoms with Crippen molar-refractivity contribution >= 4 is 11.5 Å². The van der Waals surface area contributed by atoms with Gasteiger partial charge in [-0.1, -0.05) is 12.1 Å². The maximum Gasteiger partial charge on any atom is 0.160 e. The highest BCUT2D eigenvalue weighted by Crippen LogP contribution is 2.34. The highest BCUT2D eigenvalue weighted by molar-refractivity contribution is 5.97. The van der Waals surface area contributed by atoms with E-state index < -0.39 is 0 Å². The van der Waals surface area contributed by atoms with E-state index in [-0.39, 0.29) is 5.78 Å². The van der Waals surface area contributed by atoms with E-state index in [4.69, 9.17) is 0 Å². The molecule has 80 valence electrons. The predicted octanol–water partition coefficient (Wildman–Crippen LogP) is 2.66. The van der Waals surface area contributed by atoms with Crippen molar-refractivity contribution < 1.29 is 4.79 Å². The standard InChI is InChI=1S/C13H17NO/c1-4-14-9(2)8-12-11(10(3)15)6-5-7-13(12)14/h5-7,9H,4,8H2,1-3H3. The number of hydrogen-bond acceptors (Lipinski definition) is 2. The van der Waals surface area contributed by atoms with Crippen molar-refractivity contribution in [3.63, 3.8) is 0 Å². The van der Waals surface area contributed by atoms with Crippen molar-refractivity contribution in [3.8, 4) is 0 Å². The summed E-state index contributed by atoms with van der Waals surface area (Å²) in [6.07, 6.45) is 0.999. The number of Topliss-reactive ketones (excluding diaryl/α,β-unsaturated/α-hetero) is 1. The van der Waals surface area contributed by atoms with Crippen molar-refractivity contribution in [1.82, 2.24) is 0 Å². The first-order chi connectivity index (χ1) is 7.15. The van der Waals surface area contributed by atoms with Crippen LogP contribution in [0, 0.1) is 0 Å². The van der Waals surface area contributed by atoms with Gasteiger partial charge < -0.3 is 4.90 Å². The van der Waals surface area contributed by atoms with Gasteiger partial charge in [-0.3, -0.25) is 4.79 Å². The van der Waals surface area contributed by atoms with Gasteiger partial charge in [-0.2, -0.15) is 0 Å². The Balaban J connectivity index is 2.52. The maximum atomic E-state index is 11.5. The van der Waals surface area contributed by atoms with Gasteiger partial charge in [0.1, 0.15) is 0 Å². The van der Waals surface area contributed by atoms with Crippen LogP contribution in [0.3, 0.4) is 0 Å². The average Bonchev–Trinajstić information content (AvgIpc) is 2.52. The molecule has 0 saturated heterocycles. The van der Waals surface area contributed by atoms with E-state index in [9.17, 15) is 4.79 Å². The van der Waals surface area contributed by atoms with Gasteiger partial charge in [-0.05, 0) is 38.8 Å². The summed E-state index contributed by atoms with van der Waals surface area (Å²) in [5.74, 6) is 0.178. The second kappa shape index (κ2) is 3.69. The SMILES string of the molecule is CCN1c2cccc(C(C)=O)c2CC1C. The number of benzene rings is 1. The zero-order valence-corrected chi connectivity index (χ0v) is 9.58. The van der Waals surface area contributed by atoms with Crippen LogP contribution in [0.15, 0.2) is 18.2 Å². The number of ketones is 1. The molecule has 0 aromatic heterocycles. The van der Waals surface area contributed by atoms with Gasteiger partial charge >= 0.3 is 0 Å². The molecule has 0 saturated carbocycles. The molecule has 0 aliphatic carbocycles. The van der Waals surface area contributed by atoms with Crippen molar-refractivity contribution in [2.75, 3.05) is 11.4 Å². The van der Waals surface area contributed by atoms with Gasteiger partial charge in [0.2, 0.25) is 0 Å². The van der Waals surface area contributed by atoms with E-state index in [1.807, 2.05) is 12.1 Å². The van der Waals surface area contributed by atoms with Crippen LogP contribution in [0.25, 0.3) is 0 Å². The number of anilines is 1. The van der Waals surface area contributed by atoms with Crippen molar-refractivity contribution in [3.05, 3.63) is 29.3 Å². The summed E-state index contributed by atoms with van der Waals surface area (Å²) < 4.78 is 0. The lowest BCUT2D eigenvalue weighted by atomic mass is 10.0. The summed E-state index contributed by atoms with van der Waals surface area (Å²) in [6, 6.07) is 6.56. The van der Waals surface area contributed by atoms with E-state index in [2.05, 4.69) is 24.8 Å². The second-order valence-corrected chi connectivity index (χ2v) is 4.20. The first kappa shape index (κ1) is 10.2. The van der Waals surface area contributed by atoms with E-state index in [1.54, 1.807) is 6.92 Å². The summed E-state index contributed by atoms with van der Waals surface area (Å²) in [7, 11) is 0. The molecule has 1 unspecified atom stereocenters. The van der Waals surface area contributed by atoms with Crippen LogP contribution in [0.1, 0.15) is 36.7 Å². The lowest BCUT2D eigenvalue weighted by Gasteiger charge is -2.22. The molecule has 1 aromatic carbocycles. The average molecular weight is 203 g/mol. The summed E-state index contributed by atoms with van der Waals surface area (Å²) in [5, 5.41) is 0. The van der Waals surface area contributed by atoms with Gasteiger partial charge in [-0.25, -0.2) is 0 Å². The smallest absolute Gasteiger partial charge is 0.160 e. The first-order valence-electron chi connectivity index (χ1n) is 5.54. The lowest BCUT2D eigenvalue weighted by molar-refractivity contribution is 0.101. The fraction of sp³-hybridized carbons (Fsp3) is 0.462. The van der Waals surface area contributed by atoms with Gasteiger partial charge in [-0.15, -0.1) is 0 Å². The molecule has 0 fully saturated rings. The number of rotatable bonds is 2. The minimum absolute atomic E-state index is 0.178. The Morgan fingerprint density at radius 2 is 2.27 bits per heavy atom. The molecule has 1 heterocycles. The Labute approximate surface area is 90.9 Å². The summed E-state index contributed by atoms with van der Waals surface area (Å²) in [6.45, 7) is 7.03. The molecule has 1 atom stereocenters. The normalized spacial score (nSPS) is 19.1. The minimum atomic E-state index is 0.178. The fourth-order valence-corrected chi connectivity index (χ4v) is 2.51. The summed E-state index contributed by atoms with van der Waals surface area (Å²) >= 11 is 0. The number of likely N-dealkylation sites (N-methyl/N-ethyl adjacent to an activating group) is 1. The van der Waals surface area contributed by atoms with Crippen LogP contribution in [0.2, 0.25) is 0 Å². The number of carbonyl (C=O) groups is 1. The first-order valence-corrected chi connectivity index (χ1v) is 5.54. The van der Waals surface area contributed by atoms with Gasteiger partial charge in [0.05, 0.1) is 0 Å². The number of hydrogen-bond donors (Lipinski definition) is 0. The van der Waals surface area contributed by atoms with Crippen LogP contribution in [-0.2, 0) is 6.42 Å². The van der Waals surface area contributed by atoms with Gasteiger partial charge in [0.25, 0.3) is 0 Å². The van der Waals surface area contributed by atoms with E-state index >= 15 is 0 Å². The van der Waals surface area contributed by atoms with Crippen LogP contribution in [0.5, 0.6) is 0 Å². The number of carbonyl (C=O) groups excluding carboxylic acids is 1. The van der Waals surface area contributed by atoms with Crippen LogP contribution in [-0.4, -0.2) is 18.4 Å². The van der Waals surface area contributed by atoms with E-state index in [0.29, 0.717) is 6.04 Å². The molecule has 1 aromatic rings. The Morgan fingerprint density at radius 1 is 1.53 bits per heavy atom. The molecule has 2 rings (SSSR count). The molecule has 0 spiro atoms. The third-order valence-electron chi connectivity index (χ3n) is 3.21. The van der Waals surface area contributed by atoms with Crippen LogP contribution in [0.4, 0.5) is 5.69 Å². The highest BCUT2D eigenvalue weighted by atomic mass is 16.1. The van der Waals surface area contributed by atoms with Crippen molar-refractivity contribution in [1.29, 1.82) is 0 Å². The molecule has 0 amide bonds. The molecule has 2 nitrogen and oxygen atoms in total. The monoisotopic (exact) mass is 203 g/mol. The summed E-state index contributed by atoms with van der Waals surface area (Å²) in [4.78, 5) is 13.9. The second-order valence-electron chi connectivity index (χ2n) is 4.20. The molecular formula is C13H17NO. The molecule has 1 aliphatic rings.